The summed E-state index contributed by atoms with van der Waals surface area (Å²) in [4.78, 5) is 0. The van der Waals surface area contributed by atoms with Gasteiger partial charge < -0.3 is 21.5 Å². The molecule has 4 nitrogen and oxygen atoms in total. The first-order valence-corrected chi connectivity index (χ1v) is 4.50. The van der Waals surface area contributed by atoms with Crippen molar-refractivity contribution in [1.82, 2.24) is 10.6 Å². The summed E-state index contributed by atoms with van der Waals surface area (Å²) >= 11 is 0. The summed E-state index contributed by atoms with van der Waals surface area (Å²) in [5, 5.41) is 15.5. The number of hydrogen-bond donors (Lipinski definition) is 4. The third-order valence-electron chi connectivity index (χ3n) is 1.81. The van der Waals surface area contributed by atoms with Crippen LogP contribution in [0.2, 0.25) is 0 Å². The molecule has 4 heteroatoms. The lowest BCUT2D eigenvalue weighted by molar-refractivity contribution is 0.153. The zero-order valence-corrected chi connectivity index (χ0v) is 8.01. The molecule has 2 atom stereocenters. The molecule has 0 aliphatic rings. The van der Waals surface area contributed by atoms with Gasteiger partial charge in [-0.3, -0.25) is 0 Å². The molecule has 0 saturated heterocycles. The number of aliphatic hydroxyl groups excluding tert-OH is 1. The van der Waals surface area contributed by atoms with Crippen LogP contribution in [0.4, 0.5) is 0 Å². The lowest BCUT2D eigenvalue weighted by atomic mass is 10.2. The van der Waals surface area contributed by atoms with Crippen molar-refractivity contribution in [1.29, 1.82) is 0 Å². The predicted molar refractivity (Wildman–Crippen MR) is 51.1 cm³/mol. The van der Waals surface area contributed by atoms with Gasteiger partial charge in [0.2, 0.25) is 0 Å². The van der Waals surface area contributed by atoms with Crippen molar-refractivity contribution in [2.75, 3.05) is 26.2 Å². The summed E-state index contributed by atoms with van der Waals surface area (Å²) in [5.41, 5.74) is 5.30. The Labute approximate surface area is 74.5 Å². The maximum Gasteiger partial charge on any atom is 0.0662 e. The molecule has 74 valence electrons. The van der Waals surface area contributed by atoms with Gasteiger partial charge in [-0.2, -0.15) is 0 Å². The summed E-state index contributed by atoms with van der Waals surface area (Å²) in [6.45, 7) is 7.04. The molecule has 0 spiro atoms. The Morgan fingerprint density at radius 2 is 1.92 bits per heavy atom. The molecular formula is C8H21N3O. The van der Waals surface area contributed by atoms with Crippen molar-refractivity contribution < 1.29 is 5.11 Å². The molecule has 0 radical (unpaired) electrons. The highest BCUT2D eigenvalue weighted by Gasteiger charge is 2.05. The largest absolute Gasteiger partial charge is 0.392 e. The molecule has 0 heterocycles. The molecule has 5 N–H and O–H groups in total. The summed E-state index contributed by atoms with van der Waals surface area (Å²) in [6.07, 6.45) is -0.292. The van der Waals surface area contributed by atoms with Crippen molar-refractivity contribution in [2.24, 2.45) is 5.73 Å². The molecule has 0 rings (SSSR count). The Morgan fingerprint density at radius 3 is 2.42 bits per heavy atom. The molecule has 2 unspecified atom stereocenters. The number of nitrogens with one attached hydrogen (secondary N) is 2. The second kappa shape index (κ2) is 7.49. The monoisotopic (exact) mass is 175 g/mol. The highest BCUT2D eigenvalue weighted by molar-refractivity contribution is 4.66. The van der Waals surface area contributed by atoms with Crippen LogP contribution >= 0.6 is 0 Å². The van der Waals surface area contributed by atoms with Crippen LogP contribution in [-0.4, -0.2) is 43.4 Å². The molecule has 0 aliphatic heterocycles. The van der Waals surface area contributed by atoms with Gasteiger partial charge in [0.05, 0.1) is 6.10 Å². The van der Waals surface area contributed by atoms with Gasteiger partial charge in [-0.05, 0) is 13.8 Å². The van der Waals surface area contributed by atoms with Crippen LogP contribution in [-0.2, 0) is 0 Å². The number of rotatable bonds is 7. The van der Waals surface area contributed by atoms with Crippen molar-refractivity contribution in [3.05, 3.63) is 0 Å². The van der Waals surface area contributed by atoms with Gasteiger partial charge in [-0.15, -0.1) is 0 Å². The van der Waals surface area contributed by atoms with Crippen molar-refractivity contribution in [3.63, 3.8) is 0 Å². The van der Waals surface area contributed by atoms with E-state index in [1.54, 1.807) is 6.92 Å². The second-order valence-electron chi connectivity index (χ2n) is 3.02. The van der Waals surface area contributed by atoms with Crippen LogP contribution in [0.25, 0.3) is 0 Å². The van der Waals surface area contributed by atoms with Crippen LogP contribution in [0.15, 0.2) is 0 Å². The first kappa shape index (κ1) is 11.8. The molecule has 0 fully saturated rings. The van der Waals surface area contributed by atoms with Crippen LogP contribution < -0.4 is 16.4 Å². The molecule has 0 aromatic rings. The Bertz CT molecular complexity index is 98.3. The zero-order chi connectivity index (χ0) is 9.40. The molecule has 0 amide bonds. The van der Waals surface area contributed by atoms with Gasteiger partial charge in [-0.1, -0.05) is 0 Å². The first-order valence-electron chi connectivity index (χ1n) is 4.50. The minimum atomic E-state index is -0.292. The third kappa shape index (κ3) is 6.54. The maximum absolute atomic E-state index is 9.12. The summed E-state index contributed by atoms with van der Waals surface area (Å²) in [6, 6.07) is 0.157. The van der Waals surface area contributed by atoms with Gasteiger partial charge in [0.15, 0.2) is 0 Å². The fourth-order valence-electron chi connectivity index (χ4n) is 0.786. The van der Waals surface area contributed by atoms with E-state index in [0.29, 0.717) is 6.54 Å². The minimum absolute atomic E-state index is 0.157. The molecule has 0 aliphatic carbocycles. The molecule has 12 heavy (non-hydrogen) atoms. The Morgan fingerprint density at radius 1 is 1.25 bits per heavy atom. The van der Waals surface area contributed by atoms with Gasteiger partial charge in [0.25, 0.3) is 0 Å². The highest BCUT2D eigenvalue weighted by Crippen LogP contribution is 1.88. The van der Waals surface area contributed by atoms with Crippen LogP contribution in [0.5, 0.6) is 0 Å². The van der Waals surface area contributed by atoms with E-state index in [1.165, 1.54) is 0 Å². The van der Waals surface area contributed by atoms with Crippen molar-refractivity contribution >= 4 is 0 Å². The fraction of sp³-hybridized carbons (Fsp3) is 1.00. The van der Waals surface area contributed by atoms with Gasteiger partial charge >= 0.3 is 0 Å². The maximum atomic E-state index is 9.12. The van der Waals surface area contributed by atoms with E-state index in [1.807, 2.05) is 6.92 Å². The molecule has 0 saturated carbocycles. The fourth-order valence-corrected chi connectivity index (χ4v) is 0.786. The standard InChI is InChI=1S/C8H21N3O/c1-7(8(2)12)11-6-5-10-4-3-9/h7-8,10-12H,3-6,9H2,1-2H3. The highest BCUT2D eigenvalue weighted by atomic mass is 16.3. The molecule has 0 bridgehead atoms. The lowest BCUT2D eigenvalue weighted by Crippen LogP contribution is -2.40. The number of hydrogen-bond acceptors (Lipinski definition) is 4. The predicted octanol–water partition coefficient (Wildman–Crippen LogP) is -1.11. The normalized spacial score (nSPS) is 16.0. The average Bonchev–Trinajstić information content (AvgIpc) is 2.03. The summed E-state index contributed by atoms with van der Waals surface area (Å²) in [7, 11) is 0. The van der Waals surface area contributed by atoms with Gasteiger partial charge in [-0.25, -0.2) is 0 Å². The third-order valence-corrected chi connectivity index (χ3v) is 1.81. The van der Waals surface area contributed by atoms with Crippen LogP contribution in [0.1, 0.15) is 13.8 Å². The van der Waals surface area contributed by atoms with E-state index in [4.69, 9.17) is 10.8 Å². The molecule has 0 aromatic carbocycles. The summed E-state index contributed by atoms with van der Waals surface area (Å²) in [5.74, 6) is 0. The number of aliphatic hydroxyl groups is 1. The van der Waals surface area contributed by atoms with Crippen molar-refractivity contribution in [3.8, 4) is 0 Å². The van der Waals surface area contributed by atoms with E-state index in [9.17, 15) is 0 Å². The topological polar surface area (TPSA) is 70.3 Å². The van der Waals surface area contributed by atoms with E-state index >= 15 is 0 Å². The van der Waals surface area contributed by atoms with Gasteiger partial charge in [0, 0.05) is 32.2 Å². The van der Waals surface area contributed by atoms with E-state index in [0.717, 1.165) is 19.6 Å². The Balaban J connectivity index is 3.08. The zero-order valence-electron chi connectivity index (χ0n) is 8.01. The smallest absolute Gasteiger partial charge is 0.0662 e. The first-order chi connectivity index (χ1) is 5.68. The lowest BCUT2D eigenvalue weighted by Gasteiger charge is -2.16. The Kier molecular flexibility index (Phi) is 7.39. The number of nitrogens with two attached hydrogens (primary N) is 1. The van der Waals surface area contributed by atoms with E-state index in [2.05, 4.69) is 10.6 Å². The minimum Gasteiger partial charge on any atom is -0.392 e. The van der Waals surface area contributed by atoms with Gasteiger partial charge in [0.1, 0.15) is 0 Å². The quantitative estimate of drug-likeness (QED) is 0.370. The molecule has 0 aromatic heterocycles. The molecular weight excluding hydrogens is 154 g/mol. The van der Waals surface area contributed by atoms with E-state index in [-0.39, 0.29) is 12.1 Å². The summed E-state index contributed by atoms with van der Waals surface area (Å²) < 4.78 is 0. The average molecular weight is 175 g/mol. The van der Waals surface area contributed by atoms with Crippen LogP contribution in [0.3, 0.4) is 0 Å². The van der Waals surface area contributed by atoms with Crippen LogP contribution in [0, 0.1) is 0 Å². The Hall–Kier alpha value is -0.160. The SMILES string of the molecule is CC(O)C(C)NCCNCCN. The van der Waals surface area contributed by atoms with Crippen molar-refractivity contribution in [2.45, 2.75) is 26.0 Å². The van der Waals surface area contributed by atoms with E-state index < -0.39 is 0 Å². The second-order valence-corrected chi connectivity index (χ2v) is 3.02.